The van der Waals surface area contributed by atoms with Crippen LogP contribution in [-0.2, 0) is 0 Å². The molecule has 0 aliphatic rings. The molecule has 0 saturated heterocycles. The van der Waals surface area contributed by atoms with Crippen molar-refractivity contribution < 1.29 is 4.74 Å². The highest BCUT2D eigenvalue weighted by molar-refractivity contribution is 7.14. The van der Waals surface area contributed by atoms with Crippen LogP contribution in [0.5, 0.6) is 5.75 Å². The molecule has 0 amide bonds. The Morgan fingerprint density at radius 2 is 2.10 bits per heavy atom. The fourth-order valence-electron chi connectivity index (χ4n) is 2.13. The molecule has 2 heterocycles. The summed E-state index contributed by atoms with van der Waals surface area (Å²) in [6.07, 6.45) is 0. The second kappa shape index (κ2) is 5.60. The van der Waals surface area contributed by atoms with Crippen molar-refractivity contribution in [3.63, 3.8) is 0 Å². The van der Waals surface area contributed by atoms with Crippen molar-refractivity contribution in [1.82, 2.24) is 10.2 Å². The number of hydrogen-bond donors (Lipinski definition) is 2. The molecule has 0 aliphatic heterocycles. The number of benzene rings is 1. The van der Waals surface area contributed by atoms with Gasteiger partial charge in [0.15, 0.2) is 5.82 Å². The number of nitrogens with one attached hydrogen (secondary N) is 1. The monoisotopic (exact) mass is 339 g/mol. The summed E-state index contributed by atoms with van der Waals surface area (Å²) in [6, 6.07) is 7.17. The van der Waals surface area contributed by atoms with E-state index in [9.17, 15) is 0 Å². The number of rotatable bonds is 3. The van der Waals surface area contributed by atoms with E-state index in [4.69, 9.17) is 33.7 Å². The number of thiophene rings is 1. The number of nitrogens with two attached hydrogens (primary N) is 1. The number of aromatic nitrogens is 2. The Hall–Kier alpha value is -1.69. The zero-order chi connectivity index (χ0) is 15.0. The maximum Gasteiger partial charge on any atom is 0.153 e. The Morgan fingerprint density at radius 3 is 2.81 bits per heavy atom. The van der Waals surface area contributed by atoms with E-state index in [1.807, 2.05) is 17.5 Å². The van der Waals surface area contributed by atoms with E-state index < -0.39 is 0 Å². The number of H-pyrrole nitrogens is 1. The minimum absolute atomic E-state index is 0.379. The van der Waals surface area contributed by atoms with E-state index in [0.29, 0.717) is 15.9 Å². The first-order chi connectivity index (χ1) is 10.1. The third-order valence-corrected chi connectivity index (χ3v) is 4.53. The third-order valence-electron chi connectivity index (χ3n) is 3.07. The van der Waals surface area contributed by atoms with E-state index in [2.05, 4.69) is 10.2 Å². The topological polar surface area (TPSA) is 63.9 Å². The van der Waals surface area contributed by atoms with Crippen molar-refractivity contribution in [3.8, 4) is 27.4 Å². The fourth-order valence-corrected chi connectivity index (χ4v) is 3.49. The minimum Gasteiger partial charge on any atom is -0.495 e. The van der Waals surface area contributed by atoms with Crippen molar-refractivity contribution in [2.45, 2.75) is 0 Å². The van der Waals surface area contributed by atoms with Crippen molar-refractivity contribution in [1.29, 1.82) is 0 Å². The van der Waals surface area contributed by atoms with Crippen molar-refractivity contribution in [3.05, 3.63) is 39.7 Å². The quantitative estimate of drug-likeness (QED) is 0.726. The van der Waals surface area contributed by atoms with Crippen LogP contribution in [0.25, 0.3) is 21.7 Å². The summed E-state index contributed by atoms with van der Waals surface area (Å²) in [5, 5.41) is 10.1. The van der Waals surface area contributed by atoms with Gasteiger partial charge in [0, 0.05) is 10.6 Å². The lowest BCUT2D eigenvalue weighted by molar-refractivity contribution is 0.418. The Balaban J connectivity index is 2.22. The second-order valence-corrected chi connectivity index (χ2v) is 6.06. The molecule has 7 heteroatoms. The van der Waals surface area contributed by atoms with E-state index >= 15 is 0 Å². The van der Waals surface area contributed by atoms with Gasteiger partial charge in [-0.2, -0.15) is 5.10 Å². The third kappa shape index (κ3) is 2.48. The maximum atomic E-state index is 6.29. The summed E-state index contributed by atoms with van der Waals surface area (Å²) in [6.45, 7) is 0. The number of aromatic amines is 1. The largest absolute Gasteiger partial charge is 0.495 e. The van der Waals surface area contributed by atoms with Crippen LogP contribution in [0.4, 0.5) is 5.82 Å². The van der Waals surface area contributed by atoms with Gasteiger partial charge in [-0.15, -0.1) is 11.3 Å². The molecule has 3 rings (SSSR count). The standard InChI is InChI=1S/C14H11Cl2N3OS/c1-20-10-4-5-21-13(10)12-11(14(17)19-18-12)8-3-2-7(15)6-9(8)16/h2-6H,1H3,(H3,17,18,19). The SMILES string of the molecule is COc1ccsc1-c1[nH]nc(N)c1-c1ccc(Cl)cc1Cl. The second-order valence-electron chi connectivity index (χ2n) is 4.30. The average Bonchev–Trinajstić information content (AvgIpc) is 3.05. The van der Waals surface area contributed by atoms with Crippen LogP contribution < -0.4 is 10.5 Å². The molecule has 0 unspecified atom stereocenters. The normalized spacial score (nSPS) is 10.8. The molecular weight excluding hydrogens is 329 g/mol. The number of nitrogens with zero attached hydrogens (tertiary/aromatic N) is 1. The number of hydrogen-bond acceptors (Lipinski definition) is 4. The molecule has 0 atom stereocenters. The highest BCUT2D eigenvalue weighted by atomic mass is 35.5. The smallest absolute Gasteiger partial charge is 0.153 e. The number of anilines is 1. The van der Waals surface area contributed by atoms with Crippen LogP contribution in [-0.4, -0.2) is 17.3 Å². The summed E-state index contributed by atoms with van der Waals surface area (Å²) < 4.78 is 5.36. The Morgan fingerprint density at radius 1 is 1.29 bits per heavy atom. The highest BCUT2D eigenvalue weighted by Crippen LogP contribution is 2.44. The molecule has 1 aromatic carbocycles. The first-order valence-electron chi connectivity index (χ1n) is 6.03. The highest BCUT2D eigenvalue weighted by Gasteiger charge is 2.20. The van der Waals surface area contributed by atoms with Crippen LogP contribution in [0.15, 0.2) is 29.6 Å². The maximum absolute atomic E-state index is 6.29. The molecule has 0 saturated carbocycles. The van der Waals surface area contributed by atoms with E-state index in [-0.39, 0.29) is 0 Å². The number of halogens is 2. The van der Waals surface area contributed by atoms with Gasteiger partial charge in [-0.1, -0.05) is 29.3 Å². The summed E-state index contributed by atoms with van der Waals surface area (Å²) in [4.78, 5) is 0.919. The van der Waals surface area contributed by atoms with Crippen molar-refractivity contribution >= 4 is 40.4 Å². The minimum atomic E-state index is 0.379. The lowest BCUT2D eigenvalue weighted by Crippen LogP contribution is -1.90. The van der Waals surface area contributed by atoms with Crippen LogP contribution in [0.1, 0.15) is 0 Å². The predicted octanol–water partition coefficient (Wildman–Crippen LogP) is 4.70. The molecule has 0 radical (unpaired) electrons. The van der Waals surface area contributed by atoms with Crippen LogP contribution in [0.2, 0.25) is 10.0 Å². The zero-order valence-corrected chi connectivity index (χ0v) is 13.3. The molecule has 0 spiro atoms. The predicted molar refractivity (Wildman–Crippen MR) is 88.3 cm³/mol. The lowest BCUT2D eigenvalue weighted by Gasteiger charge is -2.07. The van der Waals surface area contributed by atoms with Gasteiger partial charge < -0.3 is 10.5 Å². The molecule has 4 nitrogen and oxygen atoms in total. The number of methoxy groups -OCH3 is 1. The molecule has 0 aliphatic carbocycles. The van der Waals surface area contributed by atoms with Gasteiger partial charge in [-0.25, -0.2) is 0 Å². The molecule has 0 bridgehead atoms. The van der Waals surface area contributed by atoms with Crippen LogP contribution in [0, 0.1) is 0 Å². The molecule has 3 N–H and O–H groups in total. The van der Waals surface area contributed by atoms with E-state index in [1.165, 1.54) is 11.3 Å². The Labute approximate surface area is 135 Å². The van der Waals surface area contributed by atoms with E-state index in [1.54, 1.807) is 19.2 Å². The first kappa shape index (κ1) is 14.3. The first-order valence-corrected chi connectivity index (χ1v) is 7.66. The summed E-state index contributed by atoms with van der Waals surface area (Å²) in [7, 11) is 1.63. The molecule has 21 heavy (non-hydrogen) atoms. The lowest BCUT2D eigenvalue weighted by atomic mass is 10.0. The van der Waals surface area contributed by atoms with Crippen molar-refractivity contribution in [2.75, 3.05) is 12.8 Å². The van der Waals surface area contributed by atoms with Crippen LogP contribution >= 0.6 is 34.5 Å². The van der Waals surface area contributed by atoms with Gasteiger partial charge in [0.2, 0.25) is 0 Å². The van der Waals surface area contributed by atoms with E-state index in [0.717, 1.165) is 27.4 Å². The summed E-state index contributed by atoms with van der Waals surface area (Å²) in [5.41, 5.74) is 8.31. The summed E-state index contributed by atoms with van der Waals surface area (Å²) in [5.74, 6) is 1.14. The number of nitrogen functional groups attached to an aromatic ring is 1. The van der Waals surface area contributed by atoms with Gasteiger partial charge in [0.05, 0.1) is 28.3 Å². The zero-order valence-electron chi connectivity index (χ0n) is 11.0. The van der Waals surface area contributed by atoms with Gasteiger partial charge in [-0.05, 0) is 23.6 Å². The van der Waals surface area contributed by atoms with Gasteiger partial charge in [0.25, 0.3) is 0 Å². The molecule has 108 valence electrons. The Bertz CT molecular complexity index is 797. The van der Waals surface area contributed by atoms with Crippen molar-refractivity contribution in [2.24, 2.45) is 0 Å². The number of ether oxygens (including phenoxy) is 1. The molecule has 2 aromatic heterocycles. The van der Waals surface area contributed by atoms with Gasteiger partial charge >= 0.3 is 0 Å². The average molecular weight is 340 g/mol. The molecule has 3 aromatic rings. The molecule has 0 fully saturated rings. The Kier molecular flexibility index (Phi) is 3.80. The van der Waals surface area contributed by atoms with Crippen LogP contribution in [0.3, 0.4) is 0 Å². The van der Waals surface area contributed by atoms with Gasteiger partial charge in [-0.3, -0.25) is 5.10 Å². The molecular formula is C14H11Cl2N3OS. The summed E-state index contributed by atoms with van der Waals surface area (Å²) >= 11 is 13.8. The van der Waals surface area contributed by atoms with Gasteiger partial charge in [0.1, 0.15) is 5.75 Å². The fraction of sp³-hybridized carbons (Fsp3) is 0.0714.